The molecule has 0 aliphatic rings. The van der Waals surface area contributed by atoms with Crippen LogP contribution in [0.2, 0.25) is 5.15 Å². The highest BCUT2D eigenvalue weighted by atomic mass is 35.5. The van der Waals surface area contributed by atoms with Gasteiger partial charge >= 0.3 is 0 Å². The predicted molar refractivity (Wildman–Crippen MR) is 87.8 cm³/mol. The van der Waals surface area contributed by atoms with E-state index in [2.05, 4.69) is 20.6 Å². The Hall–Kier alpha value is -1.92. The van der Waals surface area contributed by atoms with Crippen molar-refractivity contribution < 1.29 is 4.74 Å². The lowest BCUT2D eigenvalue weighted by molar-refractivity contribution is 0.397. The number of ether oxygens (including phenoxy) is 1. The van der Waals surface area contributed by atoms with Crippen molar-refractivity contribution in [2.75, 3.05) is 12.4 Å². The van der Waals surface area contributed by atoms with E-state index < -0.39 is 0 Å². The maximum absolute atomic E-state index is 5.88. The van der Waals surface area contributed by atoms with Crippen LogP contribution in [0.5, 0.6) is 5.88 Å². The Labute approximate surface area is 133 Å². The third-order valence-electron chi connectivity index (χ3n) is 2.75. The van der Waals surface area contributed by atoms with Crippen LogP contribution in [0.3, 0.4) is 0 Å². The number of thiocarbonyl (C=S) groups is 1. The molecule has 0 saturated carbocycles. The van der Waals surface area contributed by atoms with Crippen molar-refractivity contribution in [3.63, 3.8) is 0 Å². The summed E-state index contributed by atoms with van der Waals surface area (Å²) in [4.78, 5) is 8.15. The first kappa shape index (κ1) is 15.5. The average Bonchev–Trinajstić information content (AvgIpc) is 2.47. The zero-order valence-electron chi connectivity index (χ0n) is 11.6. The topological polar surface area (TPSA) is 59.1 Å². The maximum atomic E-state index is 5.88. The van der Waals surface area contributed by atoms with Gasteiger partial charge in [0.25, 0.3) is 0 Å². The van der Waals surface area contributed by atoms with E-state index in [4.69, 9.17) is 28.6 Å². The van der Waals surface area contributed by atoms with Gasteiger partial charge in [0.1, 0.15) is 5.15 Å². The summed E-state index contributed by atoms with van der Waals surface area (Å²) >= 11 is 11.1. The number of aromatic nitrogens is 2. The minimum Gasteiger partial charge on any atom is -0.481 e. The molecule has 1 atom stereocenters. The van der Waals surface area contributed by atoms with Crippen molar-refractivity contribution >= 4 is 34.9 Å². The van der Waals surface area contributed by atoms with Crippen molar-refractivity contribution in [1.82, 2.24) is 15.3 Å². The molecule has 0 bridgehead atoms. The van der Waals surface area contributed by atoms with Gasteiger partial charge in [0.15, 0.2) is 5.11 Å². The van der Waals surface area contributed by atoms with Crippen molar-refractivity contribution in [2.24, 2.45) is 0 Å². The van der Waals surface area contributed by atoms with Gasteiger partial charge in [0.2, 0.25) is 11.8 Å². The molecule has 0 fully saturated rings. The minimum atomic E-state index is 0.0623. The first-order valence-electron chi connectivity index (χ1n) is 6.29. The fourth-order valence-corrected chi connectivity index (χ4v) is 2.16. The molecule has 2 rings (SSSR count). The summed E-state index contributed by atoms with van der Waals surface area (Å²) in [7, 11) is 1.51. The summed E-state index contributed by atoms with van der Waals surface area (Å²) in [5.41, 5.74) is 1.13. The summed E-state index contributed by atoms with van der Waals surface area (Å²) in [6.07, 6.45) is 0. The van der Waals surface area contributed by atoms with E-state index in [9.17, 15) is 0 Å². The van der Waals surface area contributed by atoms with Crippen molar-refractivity contribution in [1.29, 1.82) is 0 Å². The number of nitrogens with zero attached hydrogens (tertiary/aromatic N) is 2. The SMILES string of the molecule is COc1cc(Cl)nc(NC(=S)N[C@@H](C)c2ccccc2)n1. The number of hydrogen-bond donors (Lipinski definition) is 2. The van der Waals surface area contributed by atoms with Crippen LogP contribution in [0, 0.1) is 0 Å². The van der Waals surface area contributed by atoms with Crippen LogP contribution in [0.15, 0.2) is 36.4 Å². The first-order valence-corrected chi connectivity index (χ1v) is 7.08. The van der Waals surface area contributed by atoms with Crippen LogP contribution in [0.4, 0.5) is 5.95 Å². The van der Waals surface area contributed by atoms with Crippen LogP contribution >= 0.6 is 23.8 Å². The third-order valence-corrected chi connectivity index (χ3v) is 3.17. The van der Waals surface area contributed by atoms with E-state index >= 15 is 0 Å². The second-order valence-electron chi connectivity index (χ2n) is 4.29. The fourth-order valence-electron chi connectivity index (χ4n) is 1.72. The molecule has 0 radical (unpaired) electrons. The van der Waals surface area contributed by atoms with E-state index in [1.807, 2.05) is 37.3 Å². The Morgan fingerprint density at radius 3 is 2.67 bits per heavy atom. The van der Waals surface area contributed by atoms with Gasteiger partial charge in [-0.1, -0.05) is 41.9 Å². The zero-order chi connectivity index (χ0) is 15.2. The molecule has 110 valence electrons. The molecule has 1 aromatic carbocycles. The molecule has 0 aliphatic carbocycles. The molecule has 0 spiro atoms. The molecule has 0 amide bonds. The molecule has 0 aliphatic heterocycles. The van der Waals surface area contributed by atoms with Crippen molar-refractivity contribution in [3.05, 3.63) is 47.1 Å². The smallest absolute Gasteiger partial charge is 0.233 e. The normalized spacial score (nSPS) is 11.6. The number of benzene rings is 1. The molecule has 2 aromatic rings. The van der Waals surface area contributed by atoms with Gasteiger partial charge in [0.05, 0.1) is 13.2 Å². The van der Waals surface area contributed by atoms with Gasteiger partial charge in [-0.25, -0.2) is 4.98 Å². The Kier molecular flexibility index (Phi) is 5.30. The van der Waals surface area contributed by atoms with Gasteiger partial charge < -0.3 is 15.4 Å². The van der Waals surface area contributed by atoms with Crippen LogP contribution in [0.1, 0.15) is 18.5 Å². The van der Waals surface area contributed by atoms with Gasteiger partial charge in [0, 0.05) is 6.07 Å². The summed E-state index contributed by atoms with van der Waals surface area (Å²) < 4.78 is 5.03. The molecule has 7 heteroatoms. The molecule has 0 saturated heterocycles. The van der Waals surface area contributed by atoms with Crippen LogP contribution in [-0.4, -0.2) is 22.2 Å². The average molecular weight is 323 g/mol. The molecule has 5 nitrogen and oxygen atoms in total. The maximum Gasteiger partial charge on any atom is 0.233 e. The molecule has 0 unspecified atom stereocenters. The summed E-state index contributed by atoms with van der Waals surface area (Å²) in [5, 5.41) is 6.74. The van der Waals surface area contributed by atoms with Gasteiger partial charge in [-0.2, -0.15) is 4.98 Å². The highest BCUT2D eigenvalue weighted by molar-refractivity contribution is 7.80. The van der Waals surface area contributed by atoms with E-state index in [0.29, 0.717) is 11.0 Å². The molecular formula is C14H15ClN4OS. The Morgan fingerprint density at radius 2 is 2.00 bits per heavy atom. The number of halogens is 1. The fraction of sp³-hybridized carbons (Fsp3) is 0.214. The first-order chi connectivity index (χ1) is 10.1. The molecule has 1 heterocycles. The van der Waals surface area contributed by atoms with Crippen molar-refractivity contribution in [3.8, 4) is 5.88 Å². The number of anilines is 1. The number of rotatable bonds is 4. The van der Waals surface area contributed by atoms with Crippen molar-refractivity contribution in [2.45, 2.75) is 13.0 Å². The Morgan fingerprint density at radius 1 is 1.29 bits per heavy atom. The van der Waals surface area contributed by atoms with E-state index in [-0.39, 0.29) is 17.1 Å². The number of nitrogens with one attached hydrogen (secondary N) is 2. The zero-order valence-corrected chi connectivity index (χ0v) is 13.2. The van der Waals surface area contributed by atoms with Crippen LogP contribution in [0.25, 0.3) is 0 Å². The quantitative estimate of drug-likeness (QED) is 0.666. The Bertz CT molecular complexity index is 624. The third kappa shape index (κ3) is 4.54. The molecule has 1 aromatic heterocycles. The minimum absolute atomic E-state index is 0.0623. The summed E-state index contributed by atoms with van der Waals surface area (Å²) in [6.45, 7) is 2.02. The predicted octanol–water partition coefficient (Wildman–Crippen LogP) is 3.19. The van der Waals surface area contributed by atoms with E-state index in [1.165, 1.54) is 13.2 Å². The van der Waals surface area contributed by atoms with E-state index in [0.717, 1.165) is 5.56 Å². The lowest BCUT2D eigenvalue weighted by Crippen LogP contribution is -2.31. The van der Waals surface area contributed by atoms with Crippen LogP contribution in [-0.2, 0) is 0 Å². The number of hydrogen-bond acceptors (Lipinski definition) is 4. The van der Waals surface area contributed by atoms with Gasteiger partial charge in [-0.3, -0.25) is 0 Å². The molecule has 2 N–H and O–H groups in total. The monoisotopic (exact) mass is 322 g/mol. The highest BCUT2D eigenvalue weighted by Crippen LogP contribution is 2.16. The lowest BCUT2D eigenvalue weighted by Gasteiger charge is -2.16. The summed E-state index contributed by atoms with van der Waals surface area (Å²) in [5.74, 6) is 0.661. The molecule has 21 heavy (non-hydrogen) atoms. The number of methoxy groups -OCH3 is 1. The Balaban J connectivity index is 2.00. The van der Waals surface area contributed by atoms with Gasteiger partial charge in [-0.05, 0) is 24.7 Å². The summed E-state index contributed by atoms with van der Waals surface area (Å²) in [6, 6.07) is 11.6. The van der Waals surface area contributed by atoms with Gasteiger partial charge in [-0.15, -0.1) is 0 Å². The van der Waals surface area contributed by atoms with Crippen LogP contribution < -0.4 is 15.4 Å². The highest BCUT2D eigenvalue weighted by Gasteiger charge is 2.09. The standard InChI is InChI=1S/C14H15ClN4OS/c1-9(10-6-4-3-5-7-10)16-14(21)19-13-17-11(15)8-12(18-13)20-2/h3-9H,1-2H3,(H2,16,17,18,19,21)/t9-/m0/s1. The van der Waals surface area contributed by atoms with E-state index in [1.54, 1.807) is 0 Å². The lowest BCUT2D eigenvalue weighted by atomic mass is 10.1. The largest absolute Gasteiger partial charge is 0.481 e. The molecular weight excluding hydrogens is 308 g/mol. The second-order valence-corrected chi connectivity index (χ2v) is 5.08. The second kappa shape index (κ2) is 7.19.